The zero-order chi connectivity index (χ0) is 23.0. The highest BCUT2D eigenvalue weighted by Gasteiger charge is 2.35. The van der Waals surface area contributed by atoms with Crippen molar-refractivity contribution >= 4 is 11.1 Å². The molecule has 0 spiro atoms. The van der Waals surface area contributed by atoms with Crippen LogP contribution in [0, 0.1) is 13.8 Å². The first kappa shape index (κ1) is 22.1. The van der Waals surface area contributed by atoms with Crippen molar-refractivity contribution in [3.05, 3.63) is 118 Å². The van der Waals surface area contributed by atoms with E-state index in [9.17, 15) is 0 Å². The van der Waals surface area contributed by atoms with E-state index in [0.717, 1.165) is 12.0 Å². The van der Waals surface area contributed by atoms with Crippen LogP contribution in [0.15, 0.2) is 85.0 Å². The summed E-state index contributed by atoms with van der Waals surface area (Å²) in [6.45, 7) is 18.0. The van der Waals surface area contributed by atoms with Gasteiger partial charge in [-0.2, -0.15) is 0 Å². The molecular formula is C32H34. The third-order valence-corrected chi connectivity index (χ3v) is 7.07. The van der Waals surface area contributed by atoms with Crippen molar-refractivity contribution in [2.45, 2.75) is 53.4 Å². The summed E-state index contributed by atoms with van der Waals surface area (Å²) < 4.78 is 0. The summed E-state index contributed by atoms with van der Waals surface area (Å²) in [6, 6.07) is 22.2. The van der Waals surface area contributed by atoms with Gasteiger partial charge in [0, 0.05) is 5.41 Å². The molecule has 32 heavy (non-hydrogen) atoms. The Balaban J connectivity index is 1.94. The molecule has 0 heterocycles. The fourth-order valence-corrected chi connectivity index (χ4v) is 5.07. The van der Waals surface area contributed by atoms with Crippen LogP contribution in [0.3, 0.4) is 0 Å². The molecule has 0 heteroatoms. The number of hydrogen-bond donors (Lipinski definition) is 0. The van der Waals surface area contributed by atoms with E-state index in [1.54, 1.807) is 0 Å². The standard InChI is InChI=1S/C32H34/c1-8-9-15-26(24(5)23(4)25-16-11-10-14-21(25)2)28-20-29-27-17-12-13-18-30(27)32(6,7)31(29)19-22(28)3/h9-20H,4,8H2,1-3,5-7H3/b15-9-,26-24+. The van der Waals surface area contributed by atoms with Crippen LogP contribution in [0.2, 0.25) is 0 Å². The average molecular weight is 419 g/mol. The Morgan fingerprint density at radius 1 is 0.844 bits per heavy atom. The summed E-state index contributed by atoms with van der Waals surface area (Å²) in [5.41, 5.74) is 14.3. The second-order valence-corrected chi connectivity index (χ2v) is 9.53. The molecule has 3 aromatic rings. The lowest BCUT2D eigenvalue weighted by Gasteiger charge is -2.23. The molecule has 0 bridgehead atoms. The molecule has 0 fully saturated rings. The van der Waals surface area contributed by atoms with Gasteiger partial charge in [-0.3, -0.25) is 0 Å². The van der Waals surface area contributed by atoms with Crippen molar-refractivity contribution in [1.29, 1.82) is 0 Å². The van der Waals surface area contributed by atoms with E-state index in [0.29, 0.717) is 0 Å². The van der Waals surface area contributed by atoms with Crippen LogP contribution in [-0.4, -0.2) is 0 Å². The van der Waals surface area contributed by atoms with Crippen LogP contribution in [0.25, 0.3) is 22.3 Å². The van der Waals surface area contributed by atoms with Gasteiger partial charge < -0.3 is 0 Å². The van der Waals surface area contributed by atoms with Gasteiger partial charge in [0.1, 0.15) is 0 Å². The Bertz CT molecular complexity index is 1260. The molecule has 0 radical (unpaired) electrons. The van der Waals surface area contributed by atoms with Crippen molar-refractivity contribution in [2.75, 3.05) is 0 Å². The molecule has 0 aliphatic heterocycles. The van der Waals surface area contributed by atoms with Gasteiger partial charge in [-0.15, -0.1) is 0 Å². The number of allylic oxidation sites excluding steroid dienone is 5. The minimum absolute atomic E-state index is 0.0259. The summed E-state index contributed by atoms with van der Waals surface area (Å²) in [5, 5.41) is 0. The normalized spacial score (nSPS) is 14.8. The third kappa shape index (κ3) is 3.58. The highest BCUT2D eigenvalue weighted by Crippen LogP contribution is 2.50. The van der Waals surface area contributed by atoms with Gasteiger partial charge in [-0.1, -0.05) is 94.1 Å². The topological polar surface area (TPSA) is 0 Å². The van der Waals surface area contributed by atoms with Gasteiger partial charge in [-0.25, -0.2) is 0 Å². The second-order valence-electron chi connectivity index (χ2n) is 9.53. The van der Waals surface area contributed by atoms with Gasteiger partial charge in [0.25, 0.3) is 0 Å². The predicted molar refractivity (Wildman–Crippen MR) is 141 cm³/mol. The van der Waals surface area contributed by atoms with Gasteiger partial charge in [0.15, 0.2) is 0 Å². The first-order valence-electron chi connectivity index (χ1n) is 11.7. The molecule has 0 unspecified atom stereocenters. The van der Waals surface area contributed by atoms with Gasteiger partial charge in [0.2, 0.25) is 0 Å². The van der Waals surface area contributed by atoms with Crippen LogP contribution in [-0.2, 0) is 5.41 Å². The molecule has 162 valence electrons. The van der Waals surface area contributed by atoms with Gasteiger partial charge in [0.05, 0.1) is 0 Å². The lowest BCUT2D eigenvalue weighted by Crippen LogP contribution is -2.15. The number of hydrogen-bond acceptors (Lipinski definition) is 0. The molecule has 1 aliphatic rings. The summed E-state index contributed by atoms with van der Waals surface area (Å²) in [6.07, 6.45) is 5.56. The molecule has 0 aromatic heterocycles. The number of benzene rings is 3. The fraction of sp³-hybridized carbons (Fsp3) is 0.250. The largest absolute Gasteiger partial charge is 0.0909 e. The van der Waals surface area contributed by atoms with E-state index in [4.69, 9.17) is 0 Å². The van der Waals surface area contributed by atoms with Gasteiger partial charge in [-0.05, 0) is 94.5 Å². The van der Waals surface area contributed by atoms with Crippen LogP contribution in [0.4, 0.5) is 0 Å². The van der Waals surface area contributed by atoms with E-state index >= 15 is 0 Å². The minimum Gasteiger partial charge on any atom is -0.0909 e. The molecule has 0 atom stereocenters. The summed E-state index contributed by atoms with van der Waals surface area (Å²) in [5.74, 6) is 0. The van der Waals surface area contributed by atoms with E-state index in [1.165, 1.54) is 55.7 Å². The SMILES string of the molecule is C=C(/C(C)=C(\C=C/CC)c1cc2c(cc1C)C(C)(C)c1ccccc1-2)c1ccccc1C. The lowest BCUT2D eigenvalue weighted by molar-refractivity contribution is 0.659. The Hall–Kier alpha value is -3.12. The first-order chi connectivity index (χ1) is 15.3. The minimum atomic E-state index is 0.0259. The predicted octanol–water partition coefficient (Wildman–Crippen LogP) is 9.06. The molecule has 0 saturated heterocycles. The highest BCUT2D eigenvalue weighted by atomic mass is 14.4. The number of aryl methyl sites for hydroxylation is 2. The Kier molecular flexibility index (Phi) is 5.82. The molecule has 4 rings (SSSR count). The zero-order valence-electron chi connectivity index (χ0n) is 20.3. The maximum Gasteiger partial charge on any atom is 0.0158 e. The monoisotopic (exact) mass is 418 g/mol. The number of fused-ring (bicyclic) bond motifs is 3. The Morgan fingerprint density at radius 2 is 1.53 bits per heavy atom. The summed E-state index contributed by atoms with van der Waals surface area (Å²) in [7, 11) is 0. The summed E-state index contributed by atoms with van der Waals surface area (Å²) >= 11 is 0. The lowest BCUT2D eigenvalue weighted by atomic mass is 9.80. The fourth-order valence-electron chi connectivity index (χ4n) is 5.07. The average Bonchev–Trinajstić information content (AvgIpc) is 3.00. The number of rotatable bonds is 5. The molecule has 0 nitrogen and oxygen atoms in total. The summed E-state index contributed by atoms with van der Waals surface area (Å²) in [4.78, 5) is 0. The molecule has 0 amide bonds. The molecule has 3 aromatic carbocycles. The third-order valence-electron chi connectivity index (χ3n) is 7.07. The van der Waals surface area contributed by atoms with Crippen molar-refractivity contribution in [1.82, 2.24) is 0 Å². The maximum atomic E-state index is 4.51. The zero-order valence-corrected chi connectivity index (χ0v) is 20.3. The Morgan fingerprint density at radius 3 is 2.25 bits per heavy atom. The molecular weight excluding hydrogens is 384 g/mol. The van der Waals surface area contributed by atoms with Crippen LogP contribution in [0.1, 0.15) is 67.5 Å². The van der Waals surface area contributed by atoms with Crippen LogP contribution >= 0.6 is 0 Å². The Labute approximate surface area is 194 Å². The van der Waals surface area contributed by atoms with Crippen molar-refractivity contribution in [3.8, 4) is 11.1 Å². The molecule has 1 aliphatic carbocycles. The maximum absolute atomic E-state index is 4.51. The second kappa shape index (κ2) is 8.43. The van der Waals surface area contributed by atoms with Crippen molar-refractivity contribution in [2.24, 2.45) is 0 Å². The van der Waals surface area contributed by atoms with Gasteiger partial charge >= 0.3 is 0 Å². The quantitative estimate of drug-likeness (QED) is 0.362. The van der Waals surface area contributed by atoms with Crippen LogP contribution in [0.5, 0.6) is 0 Å². The van der Waals surface area contributed by atoms with E-state index in [1.807, 2.05) is 0 Å². The van der Waals surface area contributed by atoms with E-state index in [2.05, 4.69) is 121 Å². The highest BCUT2D eigenvalue weighted by molar-refractivity contribution is 5.94. The van der Waals surface area contributed by atoms with Crippen molar-refractivity contribution < 1.29 is 0 Å². The van der Waals surface area contributed by atoms with Crippen molar-refractivity contribution in [3.63, 3.8) is 0 Å². The van der Waals surface area contributed by atoms with Crippen LogP contribution < -0.4 is 0 Å². The first-order valence-corrected chi connectivity index (χ1v) is 11.7. The van der Waals surface area contributed by atoms with E-state index in [-0.39, 0.29) is 5.41 Å². The molecule has 0 N–H and O–H groups in total. The molecule has 0 saturated carbocycles. The van der Waals surface area contributed by atoms with E-state index < -0.39 is 0 Å². The smallest absolute Gasteiger partial charge is 0.0158 e.